The smallest absolute Gasteiger partial charge is 0.325 e. The van der Waals surface area contributed by atoms with Crippen molar-refractivity contribution in [2.75, 3.05) is 20.1 Å². The van der Waals surface area contributed by atoms with Crippen LogP contribution in [0, 0.1) is 11.7 Å². The number of nitrogens with zero attached hydrogens (tertiary/aromatic N) is 3. The molecule has 2 N–H and O–H groups in total. The predicted molar refractivity (Wildman–Crippen MR) is 125 cm³/mol. The van der Waals surface area contributed by atoms with E-state index in [2.05, 4.69) is 22.4 Å². The van der Waals surface area contributed by atoms with Gasteiger partial charge in [0.25, 0.3) is 5.91 Å². The highest BCUT2D eigenvalue weighted by Gasteiger charge is 2.52. The Morgan fingerprint density at radius 2 is 2.03 bits per heavy atom. The Morgan fingerprint density at radius 3 is 2.74 bits per heavy atom. The van der Waals surface area contributed by atoms with Gasteiger partial charge in [-0.15, -0.1) is 0 Å². The normalized spacial score (nSPS) is 22.3. The summed E-state index contributed by atoms with van der Waals surface area (Å²) in [6.07, 6.45) is 5.52. The number of aromatic nitrogens is 2. The van der Waals surface area contributed by atoms with Crippen LogP contribution in [0.2, 0.25) is 0 Å². The lowest BCUT2D eigenvalue weighted by atomic mass is 9.75. The van der Waals surface area contributed by atoms with E-state index in [-0.39, 0.29) is 24.2 Å². The molecule has 0 radical (unpaired) electrons. The minimum atomic E-state index is -0.832. The first-order chi connectivity index (χ1) is 16.3. The van der Waals surface area contributed by atoms with Crippen molar-refractivity contribution in [1.29, 1.82) is 0 Å². The van der Waals surface area contributed by atoms with E-state index in [4.69, 9.17) is 0 Å². The number of hydrogen-bond acceptors (Lipinski definition) is 4. The second kappa shape index (κ2) is 9.95. The molecule has 0 unspecified atom stereocenters. The number of hydrogen-bond donors (Lipinski definition) is 2. The third-order valence-electron chi connectivity index (χ3n) is 7.19. The SMILES string of the molecule is CCC1CCC2(CC1)NC(=O)N(CC(=O)N(C)CCCc1cc(-c3cccc(F)c3)n[nH]1)C2=O. The number of imide groups is 1. The molecule has 4 rings (SSSR count). The number of halogens is 1. The van der Waals surface area contributed by atoms with E-state index in [9.17, 15) is 18.8 Å². The third-order valence-corrected chi connectivity index (χ3v) is 7.19. The topological polar surface area (TPSA) is 98.4 Å². The Morgan fingerprint density at radius 1 is 1.26 bits per heavy atom. The number of H-pyrrole nitrogens is 1. The molecule has 2 fully saturated rings. The van der Waals surface area contributed by atoms with E-state index in [1.54, 1.807) is 24.1 Å². The molecule has 0 bridgehead atoms. The number of rotatable bonds is 8. The summed E-state index contributed by atoms with van der Waals surface area (Å²) in [5.41, 5.74) is 1.42. The van der Waals surface area contributed by atoms with Gasteiger partial charge in [-0.1, -0.05) is 25.5 Å². The average Bonchev–Trinajstić information content (AvgIpc) is 3.38. The first-order valence-corrected chi connectivity index (χ1v) is 12.0. The molecule has 2 heterocycles. The van der Waals surface area contributed by atoms with Gasteiger partial charge >= 0.3 is 6.03 Å². The van der Waals surface area contributed by atoms with E-state index in [0.29, 0.717) is 49.4 Å². The van der Waals surface area contributed by atoms with E-state index in [1.807, 2.05) is 6.07 Å². The molecule has 2 aromatic rings. The van der Waals surface area contributed by atoms with Crippen LogP contribution < -0.4 is 5.32 Å². The fourth-order valence-electron chi connectivity index (χ4n) is 4.91. The summed E-state index contributed by atoms with van der Waals surface area (Å²) in [7, 11) is 1.67. The summed E-state index contributed by atoms with van der Waals surface area (Å²) in [5.74, 6) is -0.257. The van der Waals surface area contributed by atoms with Gasteiger partial charge in [-0.05, 0) is 62.6 Å². The molecule has 0 atom stereocenters. The molecule has 9 heteroatoms. The zero-order valence-electron chi connectivity index (χ0n) is 19.8. The molecule has 1 aliphatic heterocycles. The molecule has 8 nitrogen and oxygen atoms in total. The Hall–Kier alpha value is -3.23. The molecule has 1 aromatic carbocycles. The van der Waals surface area contributed by atoms with Crippen LogP contribution in [-0.2, 0) is 16.0 Å². The van der Waals surface area contributed by atoms with Gasteiger partial charge in [0.05, 0.1) is 5.69 Å². The van der Waals surface area contributed by atoms with Crippen molar-refractivity contribution in [2.24, 2.45) is 5.92 Å². The van der Waals surface area contributed by atoms with Gasteiger partial charge in [0.15, 0.2) is 0 Å². The Kier molecular flexibility index (Phi) is 7.00. The molecule has 1 saturated carbocycles. The van der Waals surface area contributed by atoms with Crippen LogP contribution >= 0.6 is 0 Å². The first-order valence-electron chi connectivity index (χ1n) is 12.0. The minimum Gasteiger partial charge on any atom is -0.344 e. The van der Waals surface area contributed by atoms with Crippen molar-refractivity contribution in [3.63, 3.8) is 0 Å². The van der Waals surface area contributed by atoms with E-state index in [0.717, 1.165) is 29.9 Å². The van der Waals surface area contributed by atoms with Crippen LogP contribution in [0.15, 0.2) is 30.3 Å². The first kappa shape index (κ1) is 23.9. The number of amides is 4. The summed E-state index contributed by atoms with van der Waals surface area (Å²) < 4.78 is 13.4. The van der Waals surface area contributed by atoms with E-state index < -0.39 is 11.6 Å². The van der Waals surface area contributed by atoms with Crippen LogP contribution in [0.25, 0.3) is 11.3 Å². The Labute approximate surface area is 198 Å². The molecule has 2 aliphatic rings. The van der Waals surface area contributed by atoms with Crippen molar-refractivity contribution in [3.05, 3.63) is 41.8 Å². The highest BCUT2D eigenvalue weighted by atomic mass is 19.1. The standard InChI is InChI=1S/C25H32FN5O3/c1-3-17-9-11-25(12-10-17)23(33)31(24(34)27-25)16-22(32)30(2)13-5-8-20-15-21(29-28-20)18-6-4-7-19(26)14-18/h4,6-7,14-15,17H,3,5,8-13,16H2,1-2H3,(H,27,34)(H,28,29). The molecular weight excluding hydrogens is 437 g/mol. The highest BCUT2D eigenvalue weighted by molar-refractivity contribution is 6.09. The van der Waals surface area contributed by atoms with Gasteiger partial charge in [0, 0.05) is 24.8 Å². The van der Waals surface area contributed by atoms with Crippen molar-refractivity contribution >= 4 is 17.8 Å². The summed E-state index contributed by atoms with van der Waals surface area (Å²) in [5, 5.41) is 10.1. The van der Waals surface area contributed by atoms with Gasteiger partial charge in [-0.3, -0.25) is 19.6 Å². The van der Waals surface area contributed by atoms with Crippen LogP contribution in [0.3, 0.4) is 0 Å². The molecule has 1 spiro atoms. The van der Waals surface area contributed by atoms with Gasteiger partial charge in [0.1, 0.15) is 17.9 Å². The highest BCUT2D eigenvalue weighted by Crippen LogP contribution is 2.37. The molecule has 1 aliphatic carbocycles. The number of carbonyl (C=O) groups is 3. The van der Waals surface area contributed by atoms with Gasteiger partial charge in [-0.2, -0.15) is 5.10 Å². The number of benzene rings is 1. The molecule has 1 saturated heterocycles. The summed E-state index contributed by atoms with van der Waals surface area (Å²) >= 11 is 0. The summed E-state index contributed by atoms with van der Waals surface area (Å²) in [6, 6.07) is 7.66. The van der Waals surface area contributed by atoms with E-state index >= 15 is 0 Å². The van der Waals surface area contributed by atoms with Gasteiger partial charge < -0.3 is 10.2 Å². The van der Waals surface area contributed by atoms with Crippen molar-refractivity contribution in [1.82, 2.24) is 25.3 Å². The van der Waals surface area contributed by atoms with E-state index in [1.165, 1.54) is 12.1 Å². The minimum absolute atomic E-state index is 0.242. The second-order valence-corrected chi connectivity index (χ2v) is 9.46. The Bertz CT molecular complexity index is 1060. The quantitative estimate of drug-likeness (QED) is 0.578. The monoisotopic (exact) mass is 469 g/mol. The van der Waals surface area contributed by atoms with Crippen LogP contribution in [-0.4, -0.2) is 63.5 Å². The summed E-state index contributed by atoms with van der Waals surface area (Å²) in [4.78, 5) is 40.9. The third kappa shape index (κ3) is 4.98. The lowest BCUT2D eigenvalue weighted by Gasteiger charge is -2.34. The van der Waals surface area contributed by atoms with Gasteiger partial charge in [-0.25, -0.2) is 9.18 Å². The maximum absolute atomic E-state index is 13.4. The lowest BCUT2D eigenvalue weighted by molar-refractivity contribution is -0.139. The average molecular weight is 470 g/mol. The van der Waals surface area contributed by atoms with Crippen molar-refractivity contribution in [2.45, 2.75) is 57.4 Å². The second-order valence-electron chi connectivity index (χ2n) is 9.46. The van der Waals surface area contributed by atoms with Crippen LogP contribution in [0.4, 0.5) is 9.18 Å². The number of nitrogens with one attached hydrogen (secondary N) is 2. The van der Waals surface area contributed by atoms with Crippen LogP contribution in [0.5, 0.6) is 0 Å². The van der Waals surface area contributed by atoms with Crippen molar-refractivity contribution in [3.8, 4) is 11.3 Å². The molecule has 182 valence electrons. The number of aromatic amines is 1. The lowest BCUT2D eigenvalue weighted by Crippen LogP contribution is -2.50. The number of carbonyl (C=O) groups excluding carboxylic acids is 3. The summed E-state index contributed by atoms with van der Waals surface area (Å²) in [6.45, 7) is 2.38. The molecule has 1 aromatic heterocycles. The molecule has 34 heavy (non-hydrogen) atoms. The Balaban J connectivity index is 1.26. The number of likely N-dealkylation sites (N-methyl/N-ethyl adjacent to an activating group) is 1. The maximum atomic E-state index is 13.4. The molecule has 4 amide bonds. The maximum Gasteiger partial charge on any atom is 0.325 e. The van der Waals surface area contributed by atoms with Crippen LogP contribution in [0.1, 0.15) is 51.1 Å². The molecular formula is C25H32FN5O3. The van der Waals surface area contributed by atoms with Gasteiger partial charge in [0.2, 0.25) is 5.91 Å². The number of aryl methyl sites for hydroxylation is 1. The fraction of sp³-hybridized carbons (Fsp3) is 0.520. The zero-order valence-corrected chi connectivity index (χ0v) is 19.8. The predicted octanol–water partition coefficient (Wildman–Crippen LogP) is 3.50. The van der Waals surface area contributed by atoms with Crippen molar-refractivity contribution < 1.29 is 18.8 Å². The fourth-order valence-corrected chi connectivity index (χ4v) is 4.91. The zero-order chi connectivity index (χ0) is 24.3. The largest absolute Gasteiger partial charge is 0.344 e. The number of urea groups is 1.